The van der Waals surface area contributed by atoms with Crippen LogP contribution in [0.15, 0.2) is 12.4 Å². The number of hydrogen-bond donors (Lipinski definition) is 1. The van der Waals surface area contributed by atoms with Crippen molar-refractivity contribution in [1.82, 2.24) is 9.97 Å². The van der Waals surface area contributed by atoms with E-state index < -0.39 is 12.6 Å². The fourth-order valence-electron chi connectivity index (χ4n) is 1.24. The van der Waals surface area contributed by atoms with Crippen molar-refractivity contribution in [3.8, 4) is 0 Å². The fraction of sp³-hybridized carbons (Fsp3) is 0.600. The molecule has 1 rings (SSSR count). The van der Waals surface area contributed by atoms with E-state index in [0.717, 1.165) is 5.56 Å². The Morgan fingerprint density at radius 1 is 1.29 bits per heavy atom. The van der Waals surface area contributed by atoms with E-state index in [-0.39, 0.29) is 12.5 Å². The third kappa shape index (κ3) is 4.99. The van der Waals surface area contributed by atoms with Crippen LogP contribution in [0.2, 0.25) is 0 Å². The van der Waals surface area contributed by atoms with Crippen LogP contribution in [0.25, 0.3) is 0 Å². The minimum Gasteiger partial charge on any atom is -0.344 e. The molecule has 17 heavy (non-hydrogen) atoms. The standard InChI is InChI=1S/C10H15F3N4/c1-17(5-3-10(11,12)13)9-15-6-8(2-4-14)7-16-9/h6-7H,2-5,14H2,1H3. The lowest BCUT2D eigenvalue weighted by Crippen LogP contribution is -2.25. The van der Waals surface area contributed by atoms with Gasteiger partial charge in [0.25, 0.3) is 0 Å². The van der Waals surface area contributed by atoms with Gasteiger partial charge in [-0.3, -0.25) is 0 Å². The minimum atomic E-state index is -4.16. The number of alkyl halides is 3. The van der Waals surface area contributed by atoms with E-state index in [1.54, 1.807) is 12.4 Å². The smallest absolute Gasteiger partial charge is 0.344 e. The zero-order chi connectivity index (χ0) is 12.9. The highest BCUT2D eigenvalue weighted by Crippen LogP contribution is 2.20. The molecule has 2 N–H and O–H groups in total. The third-order valence-corrected chi connectivity index (χ3v) is 2.20. The maximum Gasteiger partial charge on any atom is 0.390 e. The summed E-state index contributed by atoms with van der Waals surface area (Å²) in [4.78, 5) is 9.35. The van der Waals surface area contributed by atoms with Crippen molar-refractivity contribution in [2.45, 2.75) is 19.0 Å². The minimum absolute atomic E-state index is 0.153. The first-order chi connectivity index (χ1) is 7.92. The number of hydrogen-bond acceptors (Lipinski definition) is 4. The Hall–Kier alpha value is -1.37. The molecule has 0 aliphatic heterocycles. The first-order valence-corrected chi connectivity index (χ1v) is 5.21. The average Bonchev–Trinajstić information content (AvgIpc) is 2.26. The average molecular weight is 248 g/mol. The Labute approximate surface area is 97.7 Å². The summed E-state index contributed by atoms with van der Waals surface area (Å²) in [5, 5.41) is 0. The van der Waals surface area contributed by atoms with E-state index >= 15 is 0 Å². The molecule has 0 radical (unpaired) electrons. The number of rotatable bonds is 5. The molecule has 0 saturated heterocycles. The highest BCUT2D eigenvalue weighted by atomic mass is 19.4. The molecule has 1 aromatic heterocycles. The van der Waals surface area contributed by atoms with Crippen LogP contribution in [0.3, 0.4) is 0 Å². The predicted molar refractivity (Wildman–Crippen MR) is 58.7 cm³/mol. The van der Waals surface area contributed by atoms with Gasteiger partial charge in [0.05, 0.1) is 6.42 Å². The van der Waals surface area contributed by atoms with Gasteiger partial charge in [0.2, 0.25) is 5.95 Å². The lowest BCUT2D eigenvalue weighted by Gasteiger charge is -2.17. The zero-order valence-corrected chi connectivity index (χ0v) is 9.54. The molecule has 0 aliphatic carbocycles. The SMILES string of the molecule is CN(CCC(F)(F)F)c1ncc(CCN)cn1. The van der Waals surface area contributed by atoms with Crippen molar-refractivity contribution in [2.75, 3.05) is 25.0 Å². The molecule has 0 atom stereocenters. The molecule has 0 saturated carbocycles. The van der Waals surface area contributed by atoms with Gasteiger partial charge in [-0.05, 0) is 18.5 Å². The molecule has 7 heteroatoms. The number of anilines is 1. The molecular weight excluding hydrogens is 233 g/mol. The van der Waals surface area contributed by atoms with Gasteiger partial charge in [-0.1, -0.05) is 0 Å². The summed E-state index contributed by atoms with van der Waals surface area (Å²) in [5.41, 5.74) is 6.24. The third-order valence-electron chi connectivity index (χ3n) is 2.20. The Kier molecular flexibility index (Phi) is 4.68. The van der Waals surface area contributed by atoms with Crippen molar-refractivity contribution >= 4 is 5.95 Å². The van der Waals surface area contributed by atoms with Gasteiger partial charge in [-0.15, -0.1) is 0 Å². The largest absolute Gasteiger partial charge is 0.390 e. The summed E-state index contributed by atoms with van der Waals surface area (Å²) >= 11 is 0. The van der Waals surface area contributed by atoms with Crippen LogP contribution in [0.1, 0.15) is 12.0 Å². The molecule has 1 heterocycles. The lowest BCUT2D eigenvalue weighted by atomic mass is 10.2. The quantitative estimate of drug-likeness (QED) is 0.855. The fourth-order valence-corrected chi connectivity index (χ4v) is 1.24. The second-order valence-corrected chi connectivity index (χ2v) is 3.72. The van der Waals surface area contributed by atoms with E-state index in [9.17, 15) is 13.2 Å². The van der Waals surface area contributed by atoms with Crippen LogP contribution in [0.5, 0.6) is 0 Å². The van der Waals surface area contributed by atoms with Gasteiger partial charge < -0.3 is 10.6 Å². The van der Waals surface area contributed by atoms with Crippen molar-refractivity contribution < 1.29 is 13.2 Å². The molecule has 0 aliphatic rings. The van der Waals surface area contributed by atoms with Gasteiger partial charge in [0, 0.05) is 26.0 Å². The van der Waals surface area contributed by atoms with Crippen molar-refractivity contribution in [1.29, 1.82) is 0 Å². The topological polar surface area (TPSA) is 55.0 Å². The molecule has 0 spiro atoms. The van der Waals surface area contributed by atoms with Crippen molar-refractivity contribution in [3.63, 3.8) is 0 Å². The summed E-state index contributed by atoms with van der Waals surface area (Å²) in [6, 6.07) is 0. The molecule has 0 bridgehead atoms. The number of halogens is 3. The molecular formula is C10H15F3N4. The molecule has 1 aromatic rings. The molecule has 4 nitrogen and oxygen atoms in total. The van der Waals surface area contributed by atoms with Crippen LogP contribution in [-0.2, 0) is 6.42 Å². The van der Waals surface area contributed by atoms with Crippen LogP contribution in [0.4, 0.5) is 19.1 Å². The van der Waals surface area contributed by atoms with E-state index in [1.807, 2.05) is 0 Å². The lowest BCUT2D eigenvalue weighted by molar-refractivity contribution is -0.132. The van der Waals surface area contributed by atoms with Gasteiger partial charge in [0.1, 0.15) is 0 Å². The van der Waals surface area contributed by atoms with Crippen molar-refractivity contribution in [2.24, 2.45) is 5.73 Å². The summed E-state index contributed by atoms with van der Waals surface area (Å²) in [7, 11) is 1.53. The first kappa shape index (κ1) is 13.7. The number of nitrogens with two attached hydrogens (primary N) is 1. The van der Waals surface area contributed by atoms with E-state index in [4.69, 9.17) is 5.73 Å². The van der Waals surface area contributed by atoms with E-state index in [0.29, 0.717) is 13.0 Å². The highest BCUT2D eigenvalue weighted by molar-refractivity contribution is 5.28. The zero-order valence-electron chi connectivity index (χ0n) is 9.54. The first-order valence-electron chi connectivity index (χ1n) is 5.21. The molecule has 0 unspecified atom stereocenters. The maximum absolute atomic E-state index is 12.0. The Morgan fingerprint density at radius 3 is 2.35 bits per heavy atom. The second kappa shape index (κ2) is 5.81. The number of aromatic nitrogens is 2. The number of nitrogens with zero attached hydrogens (tertiary/aromatic N) is 3. The van der Waals surface area contributed by atoms with Crippen LogP contribution in [-0.4, -0.2) is 36.3 Å². The Balaban J connectivity index is 2.54. The van der Waals surface area contributed by atoms with Gasteiger partial charge in [0.15, 0.2) is 0 Å². The van der Waals surface area contributed by atoms with E-state index in [2.05, 4.69) is 9.97 Å². The van der Waals surface area contributed by atoms with Crippen LogP contribution >= 0.6 is 0 Å². The normalized spacial score (nSPS) is 11.6. The second-order valence-electron chi connectivity index (χ2n) is 3.72. The summed E-state index contributed by atoms with van der Waals surface area (Å²) in [6.07, 6.45) is -1.21. The van der Waals surface area contributed by atoms with Crippen LogP contribution < -0.4 is 10.6 Å². The van der Waals surface area contributed by atoms with E-state index in [1.165, 1.54) is 11.9 Å². The van der Waals surface area contributed by atoms with Gasteiger partial charge >= 0.3 is 6.18 Å². The summed E-state index contributed by atoms with van der Waals surface area (Å²) in [6.45, 7) is 0.340. The predicted octanol–water partition coefficient (Wildman–Crippen LogP) is 1.37. The summed E-state index contributed by atoms with van der Waals surface area (Å²) < 4.78 is 36.0. The molecule has 0 fully saturated rings. The monoisotopic (exact) mass is 248 g/mol. The maximum atomic E-state index is 12.0. The molecule has 0 aromatic carbocycles. The van der Waals surface area contributed by atoms with Crippen LogP contribution in [0, 0.1) is 0 Å². The van der Waals surface area contributed by atoms with Gasteiger partial charge in [-0.2, -0.15) is 13.2 Å². The van der Waals surface area contributed by atoms with Crippen molar-refractivity contribution in [3.05, 3.63) is 18.0 Å². The Morgan fingerprint density at radius 2 is 1.88 bits per heavy atom. The molecule has 0 amide bonds. The summed E-state index contributed by atoms with van der Waals surface area (Å²) in [5.74, 6) is 0.287. The highest BCUT2D eigenvalue weighted by Gasteiger charge is 2.27. The van der Waals surface area contributed by atoms with Gasteiger partial charge in [-0.25, -0.2) is 9.97 Å². The molecule has 96 valence electrons. The Bertz CT molecular complexity index is 336.